The smallest absolute Gasteiger partial charge is 0.439 e. The van der Waals surface area contributed by atoms with Crippen LogP contribution in [-0.4, -0.2) is 46.2 Å². The van der Waals surface area contributed by atoms with Gasteiger partial charge in [-0.25, -0.2) is 9.59 Å². The predicted octanol–water partition coefficient (Wildman–Crippen LogP) is 4.55. The number of hydrogen-bond donors (Lipinski definition) is 3. The summed E-state index contributed by atoms with van der Waals surface area (Å²) in [5, 5.41) is 6.54. The number of nitrogens with one attached hydrogen (secondary N) is 2. The third kappa shape index (κ3) is 8.31. The second-order valence-corrected chi connectivity index (χ2v) is 12.5. The van der Waals surface area contributed by atoms with Crippen molar-refractivity contribution in [1.29, 1.82) is 0 Å². The number of nitrogens with two attached hydrogens (primary N) is 1. The first-order valence-corrected chi connectivity index (χ1v) is 14.7. The summed E-state index contributed by atoms with van der Waals surface area (Å²) in [4.78, 5) is 54.5. The van der Waals surface area contributed by atoms with Crippen LogP contribution in [0.4, 0.5) is 10.5 Å². The number of primary amides is 1. The van der Waals surface area contributed by atoms with Gasteiger partial charge in [-0.2, -0.15) is 0 Å². The number of aromatic nitrogens is 2. The van der Waals surface area contributed by atoms with Crippen molar-refractivity contribution in [1.82, 2.24) is 15.5 Å². The number of benzene rings is 2. The zero-order valence-electron chi connectivity index (χ0n) is 23.9. The monoisotopic (exact) mass is 641 g/mol. The topological polar surface area (TPSA) is 161 Å². The maximum Gasteiger partial charge on any atom is 0.439 e. The molecule has 1 aliphatic carbocycles. The molecule has 1 aliphatic rings. The van der Waals surface area contributed by atoms with Crippen molar-refractivity contribution in [2.24, 2.45) is 17.6 Å². The highest BCUT2D eigenvalue weighted by atomic mass is 79.9. The number of aromatic amines is 1. The van der Waals surface area contributed by atoms with E-state index in [0.29, 0.717) is 30.6 Å². The van der Waals surface area contributed by atoms with Crippen molar-refractivity contribution in [2.75, 3.05) is 11.4 Å². The van der Waals surface area contributed by atoms with Crippen molar-refractivity contribution >= 4 is 39.5 Å². The van der Waals surface area contributed by atoms with Crippen LogP contribution in [0.1, 0.15) is 52.0 Å². The van der Waals surface area contributed by atoms with Crippen molar-refractivity contribution in [3.8, 4) is 11.4 Å². The molecule has 0 radical (unpaired) electrons. The molecule has 42 heavy (non-hydrogen) atoms. The molecule has 224 valence electrons. The Kier molecular flexibility index (Phi) is 9.87. The minimum atomic E-state index is -0.934. The third-order valence-electron chi connectivity index (χ3n) is 7.18. The number of H-pyrrole nitrogens is 1. The second kappa shape index (κ2) is 13.4. The molecule has 12 heteroatoms. The summed E-state index contributed by atoms with van der Waals surface area (Å²) in [6.45, 7) is 5.91. The molecule has 3 aromatic rings. The van der Waals surface area contributed by atoms with Crippen molar-refractivity contribution in [2.45, 2.75) is 64.5 Å². The molecule has 0 unspecified atom stereocenters. The summed E-state index contributed by atoms with van der Waals surface area (Å²) >= 11 is 3.47. The number of carbonyl (C=O) groups is 3. The van der Waals surface area contributed by atoms with Crippen LogP contribution in [0.2, 0.25) is 0 Å². The summed E-state index contributed by atoms with van der Waals surface area (Å²) in [7, 11) is 0. The van der Waals surface area contributed by atoms with E-state index in [1.165, 1.54) is 4.90 Å². The maximum absolute atomic E-state index is 14.1. The van der Waals surface area contributed by atoms with Crippen LogP contribution < -0.4 is 21.7 Å². The van der Waals surface area contributed by atoms with Gasteiger partial charge in [0.05, 0.1) is 0 Å². The van der Waals surface area contributed by atoms with Gasteiger partial charge in [0.1, 0.15) is 11.6 Å². The van der Waals surface area contributed by atoms with E-state index in [4.69, 9.17) is 10.5 Å². The lowest BCUT2D eigenvalue weighted by atomic mass is 9.81. The number of rotatable bonds is 9. The van der Waals surface area contributed by atoms with Crippen LogP contribution in [0.25, 0.3) is 11.4 Å². The molecule has 1 fully saturated rings. The molecule has 1 heterocycles. The van der Waals surface area contributed by atoms with E-state index in [1.54, 1.807) is 24.3 Å². The van der Waals surface area contributed by atoms with Gasteiger partial charge in [0.15, 0.2) is 5.82 Å². The van der Waals surface area contributed by atoms with Gasteiger partial charge in [0.25, 0.3) is 0 Å². The fourth-order valence-electron chi connectivity index (χ4n) is 5.15. The molecule has 1 aromatic heterocycles. The minimum absolute atomic E-state index is 0.185. The van der Waals surface area contributed by atoms with Gasteiger partial charge < -0.3 is 15.8 Å². The van der Waals surface area contributed by atoms with Gasteiger partial charge in [0.2, 0.25) is 11.8 Å². The van der Waals surface area contributed by atoms with Crippen LogP contribution in [0.15, 0.2) is 62.3 Å². The summed E-state index contributed by atoms with van der Waals surface area (Å²) in [5.74, 6) is -1.33. The van der Waals surface area contributed by atoms with Gasteiger partial charge in [0, 0.05) is 34.6 Å². The third-order valence-corrected chi connectivity index (χ3v) is 7.68. The number of carbonyl (C=O) groups excluding carboxylic acids is 3. The lowest BCUT2D eigenvalue weighted by Gasteiger charge is -2.36. The summed E-state index contributed by atoms with van der Waals surface area (Å²) in [5.41, 5.74) is 7.28. The van der Waals surface area contributed by atoms with Crippen LogP contribution in [0.3, 0.4) is 0 Å². The number of nitrogens with zero attached hydrogens (tertiary/aromatic N) is 2. The second-order valence-electron chi connectivity index (χ2n) is 11.6. The van der Waals surface area contributed by atoms with Crippen LogP contribution in [-0.2, 0) is 20.7 Å². The van der Waals surface area contributed by atoms with Gasteiger partial charge in [-0.1, -0.05) is 33.2 Å². The van der Waals surface area contributed by atoms with Crippen molar-refractivity contribution in [3.05, 3.63) is 69.1 Å². The zero-order valence-corrected chi connectivity index (χ0v) is 25.5. The maximum atomic E-state index is 14.1. The molecular weight excluding hydrogens is 606 g/mol. The normalized spacial score (nSPS) is 17.7. The number of ether oxygens (including phenoxy) is 1. The quantitative estimate of drug-likeness (QED) is 0.309. The number of hydrogen-bond acceptors (Lipinski definition) is 7. The van der Waals surface area contributed by atoms with E-state index in [9.17, 15) is 19.2 Å². The molecule has 11 nitrogen and oxygen atoms in total. The molecule has 0 bridgehead atoms. The van der Waals surface area contributed by atoms with Gasteiger partial charge >= 0.3 is 11.8 Å². The average Bonchev–Trinajstić information content (AvgIpc) is 3.37. The first-order chi connectivity index (χ1) is 19.9. The lowest BCUT2D eigenvalue weighted by Crippen LogP contribution is -2.52. The largest absolute Gasteiger partial charge is 0.444 e. The highest BCUT2D eigenvalue weighted by molar-refractivity contribution is 9.10. The molecule has 0 saturated heterocycles. The number of halogens is 1. The number of alkyl carbamates (subject to hydrolysis) is 1. The van der Waals surface area contributed by atoms with Crippen molar-refractivity contribution in [3.63, 3.8) is 0 Å². The molecule has 4 N–H and O–H groups in total. The standard InChI is InChI=1S/C30H36BrN5O6/c1-30(2,3)41-28(39)33-17-18-7-9-21(10-8-18)27(38)36(24(25(32)37)16-19-5-4-6-22(31)15-19)23-13-11-20(12-14-23)26-34-29(40)42-35-26/h4-6,11-15,18,21,24H,7-10,16-17H2,1-3H3,(H2,32,37)(H,33,39)(H,34,35,40)/t18-,21-,24-/m0/s1. The van der Waals surface area contributed by atoms with Crippen LogP contribution in [0, 0.1) is 11.8 Å². The SMILES string of the molecule is CC(C)(C)OC(=O)NC[C@H]1CC[C@H](C(=O)N(c2ccc(-c3noc(=O)[nH]3)cc2)[C@@H](Cc2cccc(Br)c2)C(N)=O)CC1. The molecule has 4 rings (SSSR count). The summed E-state index contributed by atoms with van der Waals surface area (Å²) in [6, 6.07) is 13.4. The Bertz CT molecular complexity index is 1450. The zero-order chi connectivity index (χ0) is 30.4. The van der Waals surface area contributed by atoms with Crippen molar-refractivity contribution < 1.29 is 23.6 Å². The Morgan fingerprint density at radius 3 is 2.40 bits per heavy atom. The van der Waals surface area contributed by atoms with Gasteiger partial charge in [-0.15, -0.1) is 0 Å². The predicted molar refractivity (Wildman–Crippen MR) is 161 cm³/mol. The van der Waals surface area contributed by atoms with E-state index in [-0.39, 0.29) is 30.0 Å². The van der Waals surface area contributed by atoms with Crippen LogP contribution >= 0.6 is 15.9 Å². The van der Waals surface area contributed by atoms with E-state index < -0.39 is 29.4 Å². The first-order valence-electron chi connectivity index (χ1n) is 13.9. The van der Waals surface area contributed by atoms with Crippen LogP contribution in [0.5, 0.6) is 0 Å². The average molecular weight is 643 g/mol. The van der Waals surface area contributed by atoms with Gasteiger partial charge in [-0.05, 0) is 94.3 Å². The fraction of sp³-hybridized carbons (Fsp3) is 0.433. The Morgan fingerprint density at radius 1 is 1.14 bits per heavy atom. The fourth-order valence-corrected chi connectivity index (χ4v) is 5.60. The van der Waals surface area contributed by atoms with E-state index in [2.05, 4.69) is 35.9 Å². The minimum Gasteiger partial charge on any atom is -0.444 e. The molecule has 0 aliphatic heterocycles. The Balaban J connectivity index is 1.53. The Hall–Kier alpha value is -3.93. The van der Waals surface area contributed by atoms with E-state index in [0.717, 1.165) is 22.9 Å². The summed E-state index contributed by atoms with van der Waals surface area (Å²) in [6.07, 6.45) is 2.47. The lowest BCUT2D eigenvalue weighted by molar-refractivity contribution is -0.127. The van der Waals surface area contributed by atoms with Gasteiger partial charge in [-0.3, -0.25) is 24.0 Å². The Morgan fingerprint density at radius 2 is 1.83 bits per heavy atom. The number of amides is 3. The number of anilines is 1. The molecule has 3 amide bonds. The Labute approximate surface area is 252 Å². The first kappa shape index (κ1) is 31.0. The van der Waals surface area contributed by atoms with E-state index in [1.807, 2.05) is 45.0 Å². The summed E-state index contributed by atoms with van der Waals surface area (Å²) < 4.78 is 10.8. The highest BCUT2D eigenvalue weighted by Crippen LogP contribution is 2.33. The van der Waals surface area contributed by atoms with E-state index >= 15 is 0 Å². The highest BCUT2D eigenvalue weighted by Gasteiger charge is 2.36. The molecule has 1 saturated carbocycles. The molecule has 0 spiro atoms. The molecule has 2 aromatic carbocycles. The molecular formula is C30H36BrN5O6. The molecule has 1 atom stereocenters.